The second-order valence-electron chi connectivity index (χ2n) is 5.47. The molecule has 3 aromatic rings. The maximum absolute atomic E-state index is 12.4. The van der Waals surface area contributed by atoms with E-state index in [-0.39, 0.29) is 5.91 Å². The summed E-state index contributed by atoms with van der Waals surface area (Å²) >= 11 is 7.46. The van der Waals surface area contributed by atoms with Gasteiger partial charge in [0.25, 0.3) is 5.91 Å². The molecule has 24 heavy (non-hydrogen) atoms. The number of aromatic nitrogens is 1. The van der Waals surface area contributed by atoms with Crippen molar-refractivity contribution in [3.05, 3.63) is 69.6 Å². The fourth-order valence-electron chi connectivity index (χ4n) is 2.35. The number of halogens is 1. The van der Waals surface area contributed by atoms with E-state index >= 15 is 0 Å². The number of nitrogens with one attached hydrogen (secondary N) is 1. The molecule has 1 aromatic heterocycles. The summed E-state index contributed by atoms with van der Waals surface area (Å²) in [5.74, 6) is -0.144. The molecule has 5 heteroatoms. The minimum absolute atomic E-state index is 0.144. The van der Waals surface area contributed by atoms with Crippen LogP contribution in [0.1, 0.15) is 27.7 Å². The van der Waals surface area contributed by atoms with Gasteiger partial charge in [0.2, 0.25) is 0 Å². The van der Waals surface area contributed by atoms with Crippen molar-refractivity contribution in [2.75, 3.05) is 5.32 Å². The molecule has 0 unspecified atom stereocenters. The van der Waals surface area contributed by atoms with Crippen LogP contribution >= 0.6 is 22.9 Å². The molecule has 0 aliphatic carbocycles. The Balaban J connectivity index is 1.85. The molecule has 122 valence electrons. The smallest absolute Gasteiger partial charge is 0.257 e. The zero-order valence-electron chi connectivity index (χ0n) is 13.5. The lowest BCUT2D eigenvalue weighted by molar-refractivity contribution is 0.102. The normalized spacial score (nSPS) is 10.6. The molecule has 0 aliphatic heterocycles. The van der Waals surface area contributed by atoms with Gasteiger partial charge in [0.05, 0.1) is 5.69 Å². The van der Waals surface area contributed by atoms with Crippen molar-refractivity contribution in [2.45, 2.75) is 20.3 Å². The number of carbonyl (C=O) groups excluding carboxylic acids is 1. The lowest BCUT2D eigenvalue weighted by Crippen LogP contribution is -2.11. The summed E-state index contributed by atoms with van der Waals surface area (Å²) in [7, 11) is 0. The Morgan fingerprint density at radius 2 is 1.79 bits per heavy atom. The van der Waals surface area contributed by atoms with E-state index in [0.717, 1.165) is 28.1 Å². The third-order valence-electron chi connectivity index (χ3n) is 3.67. The summed E-state index contributed by atoms with van der Waals surface area (Å²) < 4.78 is 0. The van der Waals surface area contributed by atoms with Crippen molar-refractivity contribution in [3.8, 4) is 11.3 Å². The van der Waals surface area contributed by atoms with E-state index in [1.807, 2.05) is 55.5 Å². The average molecular weight is 357 g/mol. The van der Waals surface area contributed by atoms with Crippen LogP contribution in [0, 0.1) is 6.92 Å². The molecule has 2 aromatic carbocycles. The molecule has 1 heterocycles. The van der Waals surface area contributed by atoms with Gasteiger partial charge in [0, 0.05) is 21.0 Å². The molecule has 1 amide bonds. The predicted octanol–water partition coefficient (Wildman–Crippen LogP) is 5.59. The highest BCUT2D eigenvalue weighted by molar-refractivity contribution is 7.16. The van der Waals surface area contributed by atoms with Gasteiger partial charge in [-0.15, -0.1) is 11.3 Å². The van der Waals surface area contributed by atoms with Gasteiger partial charge in [-0.2, -0.15) is 0 Å². The minimum Gasteiger partial charge on any atom is -0.298 e. The first-order chi connectivity index (χ1) is 11.6. The Bertz CT molecular complexity index is 854. The predicted molar refractivity (Wildman–Crippen MR) is 101 cm³/mol. The molecule has 1 N–H and O–H groups in total. The van der Waals surface area contributed by atoms with Crippen LogP contribution in [-0.4, -0.2) is 10.9 Å². The highest BCUT2D eigenvalue weighted by atomic mass is 35.5. The van der Waals surface area contributed by atoms with Crippen molar-refractivity contribution in [2.24, 2.45) is 0 Å². The number of aryl methyl sites for hydroxylation is 2. The van der Waals surface area contributed by atoms with Crippen LogP contribution in [0.3, 0.4) is 0 Å². The van der Waals surface area contributed by atoms with Gasteiger partial charge in [-0.1, -0.05) is 48.4 Å². The van der Waals surface area contributed by atoms with Gasteiger partial charge in [-0.05, 0) is 37.6 Å². The quantitative estimate of drug-likeness (QED) is 0.662. The number of carbonyl (C=O) groups is 1. The lowest BCUT2D eigenvalue weighted by atomic mass is 10.1. The van der Waals surface area contributed by atoms with Gasteiger partial charge in [-0.25, -0.2) is 4.98 Å². The zero-order chi connectivity index (χ0) is 17.1. The first-order valence-electron chi connectivity index (χ1n) is 7.70. The largest absolute Gasteiger partial charge is 0.298 e. The van der Waals surface area contributed by atoms with Crippen LogP contribution in [-0.2, 0) is 6.42 Å². The standard InChI is InChI=1S/C19H17ClN2OS/c1-3-16-17(13-8-10-15(20)11-9-13)21-19(24-16)22-18(23)14-6-4-12(2)5-7-14/h4-11H,3H2,1-2H3,(H,21,22,23). The van der Waals surface area contributed by atoms with E-state index in [2.05, 4.69) is 17.2 Å². The third kappa shape index (κ3) is 3.66. The minimum atomic E-state index is -0.144. The Labute approximate surface area is 150 Å². The van der Waals surface area contributed by atoms with Gasteiger partial charge in [-0.3, -0.25) is 10.1 Å². The van der Waals surface area contributed by atoms with Crippen LogP contribution in [0.5, 0.6) is 0 Å². The monoisotopic (exact) mass is 356 g/mol. The summed E-state index contributed by atoms with van der Waals surface area (Å²) in [6.45, 7) is 4.08. The van der Waals surface area contributed by atoms with Crippen molar-refractivity contribution in [1.82, 2.24) is 4.98 Å². The number of hydrogen-bond acceptors (Lipinski definition) is 3. The number of nitrogens with zero attached hydrogens (tertiary/aromatic N) is 1. The first-order valence-corrected chi connectivity index (χ1v) is 8.90. The van der Waals surface area contributed by atoms with Crippen LogP contribution in [0.15, 0.2) is 48.5 Å². The van der Waals surface area contributed by atoms with Crippen LogP contribution < -0.4 is 5.32 Å². The average Bonchev–Trinajstić information content (AvgIpc) is 2.99. The lowest BCUT2D eigenvalue weighted by Gasteiger charge is -2.02. The molecule has 0 spiro atoms. The van der Waals surface area contributed by atoms with Gasteiger partial charge in [0.15, 0.2) is 5.13 Å². The van der Waals surface area contributed by atoms with Gasteiger partial charge < -0.3 is 0 Å². The van der Waals surface area contributed by atoms with E-state index < -0.39 is 0 Å². The molecule has 0 radical (unpaired) electrons. The van der Waals surface area contributed by atoms with E-state index in [0.29, 0.717) is 15.7 Å². The third-order valence-corrected chi connectivity index (χ3v) is 5.04. The van der Waals surface area contributed by atoms with Crippen LogP contribution in [0.4, 0.5) is 5.13 Å². The van der Waals surface area contributed by atoms with Crippen molar-refractivity contribution in [1.29, 1.82) is 0 Å². The molecule has 0 atom stereocenters. The molecular formula is C19H17ClN2OS. The molecule has 0 bridgehead atoms. The van der Waals surface area contributed by atoms with Crippen LogP contribution in [0.2, 0.25) is 5.02 Å². The maximum atomic E-state index is 12.4. The summed E-state index contributed by atoms with van der Waals surface area (Å²) in [4.78, 5) is 18.1. The maximum Gasteiger partial charge on any atom is 0.257 e. The van der Waals surface area contributed by atoms with Crippen molar-refractivity contribution in [3.63, 3.8) is 0 Å². The number of hydrogen-bond donors (Lipinski definition) is 1. The number of anilines is 1. The SMILES string of the molecule is CCc1sc(NC(=O)c2ccc(C)cc2)nc1-c1ccc(Cl)cc1. The van der Waals surface area contributed by atoms with Gasteiger partial charge in [0.1, 0.15) is 0 Å². The molecular weight excluding hydrogens is 340 g/mol. The Morgan fingerprint density at radius 3 is 2.42 bits per heavy atom. The van der Waals surface area contributed by atoms with E-state index in [1.54, 1.807) is 0 Å². The molecule has 3 nitrogen and oxygen atoms in total. The van der Waals surface area contributed by atoms with Crippen molar-refractivity contribution >= 4 is 34.0 Å². The zero-order valence-corrected chi connectivity index (χ0v) is 15.0. The Morgan fingerprint density at radius 1 is 1.12 bits per heavy atom. The number of benzene rings is 2. The fraction of sp³-hybridized carbons (Fsp3) is 0.158. The second-order valence-corrected chi connectivity index (χ2v) is 6.99. The number of amides is 1. The molecule has 0 aliphatic rings. The van der Waals surface area contributed by atoms with Gasteiger partial charge >= 0.3 is 0 Å². The summed E-state index contributed by atoms with van der Waals surface area (Å²) in [5, 5.41) is 4.20. The number of thiazole rings is 1. The molecule has 0 saturated heterocycles. The van der Waals surface area contributed by atoms with Crippen molar-refractivity contribution < 1.29 is 4.79 Å². The van der Waals surface area contributed by atoms with E-state index in [9.17, 15) is 4.79 Å². The molecule has 0 saturated carbocycles. The fourth-order valence-corrected chi connectivity index (χ4v) is 3.40. The summed E-state index contributed by atoms with van der Waals surface area (Å²) in [5.41, 5.74) is 3.66. The first kappa shape index (κ1) is 16.7. The Hall–Kier alpha value is -2.17. The molecule has 0 fully saturated rings. The van der Waals surface area contributed by atoms with Crippen LogP contribution in [0.25, 0.3) is 11.3 Å². The van der Waals surface area contributed by atoms with E-state index in [4.69, 9.17) is 11.6 Å². The Kier molecular flexibility index (Phi) is 4.97. The highest BCUT2D eigenvalue weighted by Crippen LogP contribution is 2.32. The number of rotatable bonds is 4. The second kappa shape index (κ2) is 7.16. The highest BCUT2D eigenvalue weighted by Gasteiger charge is 2.14. The molecule has 3 rings (SSSR count). The summed E-state index contributed by atoms with van der Waals surface area (Å²) in [6.07, 6.45) is 0.857. The topological polar surface area (TPSA) is 42.0 Å². The van der Waals surface area contributed by atoms with E-state index in [1.165, 1.54) is 11.3 Å². The summed E-state index contributed by atoms with van der Waals surface area (Å²) in [6, 6.07) is 15.1.